The van der Waals surface area contributed by atoms with Gasteiger partial charge in [-0.05, 0) is 30.3 Å². The SMILES string of the molecule is O=CC=CN1CCN(c2nccnc2Nc2ccc(F)cc2)CC1. The van der Waals surface area contributed by atoms with E-state index in [2.05, 4.69) is 25.1 Å². The number of carbonyl (C=O) groups is 1. The van der Waals surface area contributed by atoms with Crippen molar-refractivity contribution in [2.45, 2.75) is 0 Å². The van der Waals surface area contributed by atoms with E-state index in [4.69, 9.17) is 0 Å². The molecule has 1 fully saturated rings. The topological polar surface area (TPSA) is 61.4 Å². The summed E-state index contributed by atoms with van der Waals surface area (Å²) in [6.07, 6.45) is 7.36. The number of benzene rings is 1. The van der Waals surface area contributed by atoms with Crippen LogP contribution in [0.4, 0.5) is 21.7 Å². The summed E-state index contributed by atoms with van der Waals surface area (Å²) in [6, 6.07) is 6.12. The number of nitrogens with zero attached hydrogens (tertiary/aromatic N) is 4. The minimum absolute atomic E-state index is 0.278. The highest BCUT2D eigenvalue weighted by Gasteiger charge is 2.19. The van der Waals surface area contributed by atoms with Crippen molar-refractivity contribution in [2.24, 2.45) is 0 Å². The van der Waals surface area contributed by atoms with Crippen LogP contribution < -0.4 is 10.2 Å². The summed E-state index contributed by atoms with van der Waals surface area (Å²) < 4.78 is 13.0. The first-order chi connectivity index (χ1) is 11.8. The summed E-state index contributed by atoms with van der Waals surface area (Å²) in [6.45, 7) is 3.16. The van der Waals surface area contributed by atoms with Crippen LogP contribution in [0.5, 0.6) is 0 Å². The Hall–Kier alpha value is -2.96. The minimum atomic E-state index is -0.278. The van der Waals surface area contributed by atoms with Crippen LogP contribution in [0.25, 0.3) is 0 Å². The van der Waals surface area contributed by atoms with Crippen LogP contribution in [-0.4, -0.2) is 47.3 Å². The first-order valence-electron chi connectivity index (χ1n) is 7.71. The molecule has 1 N–H and O–H groups in total. The number of halogens is 1. The average molecular weight is 327 g/mol. The van der Waals surface area contributed by atoms with Crippen molar-refractivity contribution in [3.8, 4) is 0 Å². The van der Waals surface area contributed by atoms with Crippen LogP contribution in [0.3, 0.4) is 0 Å². The van der Waals surface area contributed by atoms with E-state index in [9.17, 15) is 9.18 Å². The first-order valence-corrected chi connectivity index (χ1v) is 7.71. The molecule has 0 radical (unpaired) electrons. The number of rotatable bonds is 5. The molecule has 1 saturated heterocycles. The number of hydrogen-bond donors (Lipinski definition) is 1. The predicted octanol–water partition coefficient (Wildman–Crippen LogP) is 2.19. The second kappa shape index (κ2) is 7.54. The highest BCUT2D eigenvalue weighted by Crippen LogP contribution is 2.25. The predicted molar refractivity (Wildman–Crippen MR) is 90.7 cm³/mol. The molecule has 1 aromatic heterocycles. The second-order valence-corrected chi connectivity index (χ2v) is 5.36. The average Bonchev–Trinajstić information content (AvgIpc) is 2.63. The van der Waals surface area contributed by atoms with Crippen LogP contribution in [0.1, 0.15) is 0 Å². The van der Waals surface area contributed by atoms with Crippen LogP contribution >= 0.6 is 0 Å². The zero-order valence-corrected chi connectivity index (χ0v) is 13.1. The highest BCUT2D eigenvalue weighted by molar-refractivity contribution is 5.68. The number of nitrogens with one attached hydrogen (secondary N) is 1. The molecule has 0 unspecified atom stereocenters. The largest absolute Gasteiger partial charge is 0.374 e. The van der Waals surface area contributed by atoms with E-state index >= 15 is 0 Å². The summed E-state index contributed by atoms with van der Waals surface area (Å²) in [5.41, 5.74) is 0.755. The molecule has 0 bridgehead atoms. The Labute approximate surface area is 139 Å². The molecular weight excluding hydrogens is 309 g/mol. The molecular formula is C17H18FN5O. The number of allylic oxidation sites excluding steroid dienone is 1. The molecule has 1 aromatic carbocycles. The van der Waals surface area contributed by atoms with Gasteiger partial charge < -0.3 is 15.1 Å². The van der Waals surface area contributed by atoms with Crippen LogP contribution in [0.2, 0.25) is 0 Å². The Morgan fingerprint density at radius 3 is 2.46 bits per heavy atom. The van der Waals surface area contributed by atoms with Crippen LogP contribution in [0, 0.1) is 5.82 Å². The van der Waals surface area contributed by atoms with E-state index < -0.39 is 0 Å². The molecule has 1 aliphatic rings. The van der Waals surface area contributed by atoms with Crippen molar-refractivity contribution in [2.75, 3.05) is 36.4 Å². The number of piperazine rings is 1. The van der Waals surface area contributed by atoms with Crippen molar-refractivity contribution >= 4 is 23.6 Å². The number of aldehydes is 1. The van der Waals surface area contributed by atoms with E-state index in [1.807, 2.05) is 0 Å². The van der Waals surface area contributed by atoms with Crippen LogP contribution in [0.15, 0.2) is 48.9 Å². The molecule has 0 saturated carbocycles. The van der Waals surface area contributed by atoms with Gasteiger partial charge in [-0.25, -0.2) is 14.4 Å². The standard InChI is InChI=1S/C17H18FN5O/c18-14-2-4-15(5-3-14)21-16-17(20-7-6-19-16)23-11-9-22(10-12-23)8-1-13-24/h1-8,13H,9-12H2,(H,19,21). The van der Waals surface area contributed by atoms with Gasteiger partial charge in [-0.3, -0.25) is 4.79 Å². The van der Waals surface area contributed by atoms with Crippen molar-refractivity contribution in [3.63, 3.8) is 0 Å². The first kappa shape index (κ1) is 15.9. The Morgan fingerprint density at radius 1 is 1.04 bits per heavy atom. The van der Waals surface area contributed by atoms with Gasteiger partial charge in [-0.1, -0.05) is 0 Å². The fraction of sp³-hybridized carbons (Fsp3) is 0.235. The lowest BCUT2D eigenvalue weighted by atomic mass is 10.3. The van der Waals surface area contributed by atoms with E-state index in [0.717, 1.165) is 44.0 Å². The maximum absolute atomic E-state index is 13.0. The lowest BCUT2D eigenvalue weighted by molar-refractivity contribution is -0.104. The molecule has 0 aliphatic carbocycles. The molecule has 0 amide bonds. The molecule has 0 spiro atoms. The minimum Gasteiger partial charge on any atom is -0.374 e. The molecule has 1 aliphatic heterocycles. The number of carbonyl (C=O) groups excluding carboxylic acids is 1. The lowest BCUT2D eigenvalue weighted by Crippen LogP contribution is -2.44. The van der Waals surface area contributed by atoms with Gasteiger partial charge in [0.1, 0.15) is 12.1 Å². The highest BCUT2D eigenvalue weighted by atomic mass is 19.1. The van der Waals surface area contributed by atoms with E-state index in [1.54, 1.807) is 30.7 Å². The van der Waals surface area contributed by atoms with Gasteiger partial charge in [0.2, 0.25) is 0 Å². The van der Waals surface area contributed by atoms with Gasteiger partial charge >= 0.3 is 0 Å². The third kappa shape index (κ3) is 3.87. The molecule has 0 atom stereocenters. The molecule has 7 heteroatoms. The second-order valence-electron chi connectivity index (χ2n) is 5.36. The Morgan fingerprint density at radius 2 is 1.75 bits per heavy atom. The fourth-order valence-electron chi connectivity index (χ4n) is 2.56. The third-order valence-corrected chi connectivity index (χ3v) is 3.78. The van der Waals surface area contributed by atoms with Gasteiger partial charge in [0.05, 0.1) is 0 Å². The monoisotopic (exact) mass is 327 g/mol. The summed E-state index contributed by atoms with van der Waals surface area (Å²) in [7, 11) is 0. The summed E-state index contributed by atoms with van der Waals surface area (Å²) >= 11 is 0. The molecule has 2 aromatic rings. The van der Waals surface area contributed by atoms with Crippen molar-refractivity contribution < 1.29 is 9.18 Å². The zero-order chi connectivity index (χ0) is 16.8. The van der Waals surface area contributed by atoms with Gasteiger partial charge in [-0.2, -0.15) is 0 Å². The van der Waals surface area contributed by atoms with Gasteiger partial charge in [0.15, 0.2) is 11.6 Å². The van der Waals surface area contributed by atoms with Gasteiger partial charge in [-0.15, -0.1) is 0 Å². The van der Waals surface area contributed by atoms with Gasteiger partial charge in [0, 0.05) is 50.5 Å². The van der Waals surface area contributed by atoms with Crippen molar-refractivity contribution in [1.82, 2.24) is 14.9 Å². The van der Waals surface area contributed by atoms with E-state index in [-0.39, 0.29) is 5.82 Å². The molecule has 124 valence electrons. The Kier molecular flexibility index (Phi) is 5.00. The van der Waals surface area contributed by atoms with E-state index in [1.165, 1.54) is 18.2 Å². The molecule has 6 nitrogen and oxygen atoms in total. The Bertz CT molecular complexity index is 711. The smallest absolute Gasteiger partial charge is 0.173 e. The van der Waals surface area contributed by atoms with Gasteiger partial charge in [0.25, 0.3) is 0 Å². The number of hydrogen-bond acceptors (Lipinski definition) is 6. The van der Waals surface area contributed by atoms with Crippen molar-refractivity contribution in [1.29, 1.82) is 0 Å². The molecule has 2 heterocycles. The number of anilines is 3. The molecule has 24 heavy (non-hydrogen) atoms. The van der Waals surface area contributed by atoms with Crippen molar-refractivity contribution in [3.05, 3.63) is 54.8 Å². The number of aromatic nitrogens is 2. The maximum atomic E-state index is 13.0. The normalized spacial score (nSPS) is 14.9. The fourth-order valence-corrected chi connectivity index (χ4v) is 2.56. The zero-order valence-electron chi connectivity index (χ0n) is 13.1. The van der Waals surface area contributed by atoms with Crippen LogP contribution in [-0.2, 0) is 4.79 Å². The summed E-state index contributed by atoms with van der Waals surface area (Å²) in [5, 5.41) is 3.19. The maximum Gasteiger partial charge on any atom is 0.173 e. The Balaban J connectivity index is 1.71. The quantitative estimate of drug-likeness (QED) is 0.671. The summed E-state index contributed by atoms with van der Waals surface area (Å²) in [5.74, 6) is 1.13. The lowest BCUT2D eigenvalue weighted by Gasteiger charge is -2.35. The van der Waals surface area contributed by atoms with E-state index in [0.29, 0.717) is 5.82 Å². The molecule has 3 rings (SSSR count). The summed E-state index contributed by atoms with van der Waals surface area (Å²) in [4.78, 5) is 23.4. The third-order valence-electron chi connectivity index (χ3n) is 3.78.